The number of rotatable bonds is 2. The van der Waals surface area contributed by atoms with Crippen molar-refractivity contribution < 1.29 is 4.79 Å². The smallest absolute Gasteiger partial charge is 0.186 e. The minimum Gasteiger partial charge on any atom is -0.292 e. The van der Waals surface area contributed by atoms with Gasteiger partial charge in [-0.2, -0.15) is 0 Å². The minimum absolute atomic E-state index is 0.0710. The largest absolute Gasteiger partial charge is 0.292 e. The normalized spacial score (nSPS) is 22.4. The number of Topliss-reactive ketones (excluding diaryl/α,β-unsaturated/α-hetero) is 1. The predicted molar refractivity (Wildman–Crippen MR) is 57.4 cm³/mol. The van der Waals surface area contributed by atoms with Gasteiger partial charge in [-0.15, -0.1) is 0 Å². The van der Waals surface area contributed by atoms with E-state index in [4.69, 9.17) is 0 Å². The van der Waals surface area contributed by atoms with Gasteiger partial charge in [-0.25, -0.2) is 4.98 Å². The Bertz CT molecular complexity index is 381. The highest BCUT2D eigenvalue weighted by molar-refractivity contribution is 5.99. The van der Waals surface area contributed by atoms with Crippen LogP contribution < -0.4 is 0 Å². The molecule has 0 spiro atoms. The van der Waals surface area contributed by atoms with Crippen molar-refractivity contribution in [2.45, 2.75) is 27.7 Å². The molecule has 0 bridgehead atoms. The van der Waals surface area contributed by atoms with Gasteiger partial charge in [0.2, 0.25) is 0 Å². The summed E-state index contributed by atoms with van der Waals surface area (Å²) in [6, 6.07) is 0. The predicted octanol–water partition coefficient (Wildman–Crippen LogP) is 2.34. The third-order valence-corrected chi connectivity index (χ3v) is 4.10. The van der Waals surface area contributed by atoms with E-state index in [0.29, 0.717) is 5.69 Å². The van der Waals surface area contributed by atoms with E-state index in [1.54, 1.807) is 18.6 Å². The summed E-state index contributed by atoms with van der Waals surface area (Å²) in [6.45, 7) is 8.52. The zero-order valence-corrected chi connectivity index (χ0v) is 9.61. The van der Waals surface area contributed by atoms with E-state index >= 15 is 0 Å². The van der Waals surface area contributed by atoms with Crippen molar-refractivity contribution >= 4 is 5.78 Å². The molecule has 2 rings (SSSR count). The highest BCUT2D eigenvalue weighted by Crippen LogP contribution is 2.69. The van der Waals surface area contributed by atoms with Gasteiger partial charge in [0.25, 0.3) is 0 Å². The summed E-state index contributed by atoms with van der Waals surface area (Å²) in [4.78, 5) is 20.1. The number of ketones is 1. The second-order valence-electron chi connectivity index (χ2n) is 5.33. The second kappa shape index (κ2) is 2.87. The van der Waals surface area contributed by atoms with E-state index < -0.39 is 0 Å². The molecule has 3 nitrogen and oxygen atoms in total. The first-order chi connectivity index (χ1) is 6.89. The Labute approximate surface area is 89.9 Å². The Balaban J connectivity index is 2.27. The van der Waals surface area contributed by atoms with Crippen LogP contribution in [0.5, 0.6) is 0 Å². The van der Waals surface area contributed by atoms with Crippen molar-refractivity contribution in [1.82, 2.24) is 9.97 Å². The SMILES string of the molecule is CC1(C)C(C(=O)c2cnccn2)C1(C)C. The maximum atomic E-state index is 12.1. The number of hydrogen-bond donors (Lipinski definition) is 0. The van der Waals surface area contributed by atoms with Gasteiger partial charge in [0.15, 0.2) is 5.78 Å². The van der Waals surface area contributed by atoms with Crippen molar-refractivity contribution in [3.8, 4) is 0 Å². The number of hydrogen-bond acceptors (Lipinski definition) is 3. The summed E-state index contributed by atoms with van der Waals surface area (Å²) >= 11 is 0. The minimum atomic E-state index is 0.0710. The van der Waals surface area contributed by atoms with E-state index in [1.165, 1.54) is 0 Å². The third-order valence-electron chi connectivity index (χ3n) is 4.10. The Morgan fingerprint density at radius 1 is 1.20 bits per heavy atom. The lowest BCUT2D eigenvalue weighted by Gasteiger charge is -2.03. The first-order valence-corrected chi connectivity index (χ1v) is 5.19. The zero-order chi connectivity index (χ0) is 11.3. The van der Waals surface area contributed by atoms with Crippen LogP contribution in [0.2, 0.25) is 0 Å². The first-order valence-electron chi connectivity index (χ1n) is 5.19. The van der Waals surface area contributed by atoms with Crippen LogP contribution in [0.3, 0.4) is 0 Å². The van der Waals surface area contributed by atoms with Gasteiger partial charge in [-0.1, -0.05) is 27.7 Å². The van der Waals surface area contributed by atoms with Gasteiger partial charge in [0.05, 0.1) is 6.20 Å². The molecule has 0 atom stereocenters. The molecule has 1 aliphatic carbocycles. The summed E-state index contributed by atoms with van der Waals surface area (Å²) in [5, 5.41) is 0. The van der Waals surface area contributed by atoms with Crippen LogP contribution in [0.15, 0.2) is 18.6 Å². The van der Waals surface area contributed by atoms with E-state index in [2.05, 4.69) is 37.7 Å². The van der Waals surface area contributed by atoms with Crippen LogP contribution in [0, 0.1) is 16.7 Å². The quantitative estimate of drug-likeness (QED) is 0.694. The number of carbonyl (C=O) groups is 1. The molecular formula is C12H16N2O. The maximum absolute atomic E-state index is 12.1. The highest BCUT2D eigenvalue weighted by atomic mass is 16.1. The molecule has 0 radical (unpaired) electrons. The zero-order valence-electron chi connectivity index (χ0n) is 9.61. The van der Waals surface area contributed by atoms with Gasteiger partial charge < -0.3 is 0 Å². The fourth-order valence-corrected chi connectivity index (χ4v) is 2.43. The summed E-state index contributed by atoms with van der Waals surface area (Å²) in [5.41, 5.74) is 0.629. The Kier molecular flexibility index (Phi) is 1.97. The lowest BCUT2D eigenvalue weighted by atomic mass is 10.0. The van der Waals surface area contributed by atoms with Crippen LogP contribution in [-0.4, -0.2) is 15.8 Å². The first kappa shape index (κ1) is 10.3. The fourth-order valence-electron chi connectivity index (χ4n) is 2.43. The molecule has 0 saturated heterocycles. The molecule has 1 aromatic rings. The number of aromatic nitrogens is 2. The molecule has 1 aliphatic rings. The molecule has 15 heavy (non-hydrogen) atoms. The molecule has 0 unspecified atom stereocenters. The van der Waals surface area contributed by atoms with Gasteiger partial charge in [-0.3, -0.25) is 9.78 Å². The van der Waals surface area contributed by atoms with E-state index in [1.807, 2.05) is 0 Å². The molecule has 0 aliphatic heterocycles. The molecule has 1 fully saturated rings. The fraction of sp³-hybridized carbons (Fsp3) is 0.583. The molecule has 0 amide bonds. The standard InChI is InChI=1S/C12H16N2O/c1-11(2)10(12(11,3)4)9(15)8-7-13-5-6-14-8/h5-7,10H,1-4H3. The lowest BCUT2D eigenvalue weighted by Crippen LogP contribution is -2.09. The van der Waals surface area contributed by atoms with Gasteiger partial charge in [0.1, 0.15) is 5.69 Å². The Morgan fingerprint density at radius 2 is 1.80 bits per heavy atom. The monoisotopic (exact) mass is 204 g/mol. The van der Waals surface area contributed by atoms with E-state index in [9.17, 15) is 4.79 Å². The second-order valence-corrected chi connectivity index (χ2v) is 5.33. The highest BCUT2D eigenvalue weighted by Gasteiger charge is 2.68. The third kappa shape index (κ3) is 1.29. The van der Waals surface area contributed by atoms with Crippen LogP contribution in [0.25, 0.3) is 0 Å². The molecule has 1 saturated carbocycles. The summed E-state index contributed by atoms with van der Waals surface area (Å²) in [5.74, 6) is 0.194. The Morgan fingerprint density at radius 3 is 2.20 bits per heavy atom. The molecule has 3 heteroatoms. The maximum Gasteiger partial charge on any atom is 0.186 e. The van der Waals surface area contributed by atoms with E-state index in [0.717, 1.165) is 0 Å². The average molecular weight is 204 g/mol. The average Bonchev–Trinajstić information content (AvgIpc) is 2.58. The molecular weight excluding hydrogens is 188 g/mol. The van der Waals surface area contributed by atoms with Crippen LogP contribution in [-0.2, 0) is 0 Å². The molecule has 80 valence electrons. The Hall–Kier alpha value is -1.25. The molecule has 1 heterocycles. The molecule has 0 N–H and O–H groups in total. The van der Waals surface area contributed by atoms with Crippen molar-refractivity contribution in [3.05, 3.63) is 24.3 Å². The summed E-state index contributed by atoms with van der Waals surface area (Å²) in [7, 11) is 0. The lowest BCUT2D eigenvalue weighted by molar-refractivity contribution is 0.0939. The van der Waals surface area contributed by atoms with Crippen LogP contribution >= 0.6 is 0 Å². The topological polar surface area (TPSA) is 42.9 Å². The van der Waals surface area contributed by atoms with Crippen molar-refractivity contribution in [2.24, 2.45) is 16.7 Å². The van der Waals surface area contributed by atoms with Gasteiger partial charge >= 0.3 is 0 Å². The molecule has 1 aromatic heterocycles. The van der Waals surface area contributed by atoms with Gasteiger partial charge in [-0.05, 0) is 10.8 Å². The van der Waals surface area contributed by atoms with Crippen molar-refractivity contribution in [3.63, 3.8) is 0 Å². The van der Waals surface area contributed by atoms with Gasteiger partial charge in [0, 0.05) is 18.3 Å². The summed E-state index contributed by atoms with van der Waals surface area (Å²) in [6.07, 6.45) is 4.70. The van der Waals surface area contributed by atoms with Crippen LogP contribution in [0.4, 0.5) is 0 Å². The van der Waals surface area contributed by atoms with E-state index in [-0.39, 0.29) is 22.5 Å². The molecule has 0 aromatic carbocycles. The van der Waals surface area contributed by atoms with Crippen molar-refractivity contribution in [1.29, 1.82) is 0 Å². The number of carbonyl (C=O) groups excluding carboxylic acids is 1. The van der Waals surface area contributed by atoms with Crippen molar-refractivity contribution in [2.75, 3.05) is 0 Å². The summed E-state index contributed by atoms with van der Waals surface area (Å²) < 4.78 is 0. The number of nitrogens with zero attached hydrogens (tertiary/aromatic N) is 2. The van der Waals surface area contributed by atoms with Crippen LogP contribution in [0.1, 0.15) is 38.2 Å².